The highest BCUT2D eigenvalue weighted by molar-refractivity contribution is 5.76. The van der Waals surface area contributed by atoms with Gasteiger partial charge in [0.1, 0.15) is 5.82 Å². The molecule has 0 fully saturated rings. The number of aromatic nitrogens is 2. The van der Waals surface area contributed by atoms with Gasteiger partial charge < -0.3 is 4.57 Å². The quantitative estimate of drug-likeness (QED) is 0.570. The van der Waals surface area contributed by atoms with Crippen LogP contribution in [0.3, 0.4) is 0 Å². The van der Waals surface area contributed by atoms with Gasteiger partial charge in [-0.3, -0.25) is 0 Å². The molecule has 1 aromatic heterocycles. The Kier molecular flexibility index (Phi) is 1.09. The van der Waals surface area contributed by atoms with Crippen LogP contribution in [-0.4, -0.2) is 9.55 Å². The second-order valence-electron chi connectivity index (χ2n) is 3.12. The van der Waals surface area contributed by atoms with Crippen molar-refractivity contribution in [2.75, 3.05) is 0 Å². The molecule has 1 aliphatic rings. The van der Waals surface area contributed by atoms with Crippen molar-refractivity contribution in [2.24, 2.45) is 0 Å². The molecule has 59 valence electrons. The minimum Gasteiger partial charge on any atom is -0.328 e. The first-order valence-corrected chi connectivity index (χ1v) is 4.21. The van der Waals surface area contributed by atoms with Crippen molar-refractivity contribution >= 4 is 11.0 Å². The number of hydrogen-bond acceptors (Lipinski definition) is 1. The molecule has 0 saturated heterocycles. The summed E-state index contributed by atoms with van der Waals surface area (Å²) in [6.45, 7) is 1.02. The molecule has 0 amide bonds. The van der Waals surface area contributed by atoms with Crippen molar-refractivity contribution in [3.63, 3.8) is 0 Å². The maximum Gasteiger partial charge on any atom is 0.110 e. The van der Waals surface area contributed by atoms with Crippen LogP contribution < -0.4 is 0 Å². The Morgan fingerprint density at radius 1 is 1.25 bits per heavy atom. The summed E-state index contributed by atoms with van der Waals surface area (Å²) < 4.78 is 2.27. The van der Waals surface area contributed by atoms with E-state index in [9.17, 15) is 0 Å². The van der Waals surface area contributed by atoms with Crippen LogP contribution in [0.2, 0.25) is 0 Å². The maximum atomic E-state index is 4.52. The van der Waals surface area contributed by atoms with E-state index in [1.807, 2.05) is 6.07 Å². The Balaban J connectivity index is 2.44. The molecule has 1 aliphatic heterocycles. The Labute approximate surface area is 70.8 Å². The fourth-order valence-electron chi connectivity index (χ4n) is 1.81. The van der Waals surface area contributed by atoms with Gasteiger partial charge in [0.2, 0.25) is 0 Å². The van der Waals surface area contributed by atoms with Gasteiger partial charge in [-0.15, -0.1) is 0 Å². The van der Waals surface area contributed by atoms with Crippen LogP contribution in [0.1, 0.15) is 5.82 Å². The highest BCUT2D eigenvalue weighted by Gasteiger charge is 2.14. The fraction of sp³-hybridized carbons (Fsp3) is 0.200. The molecule has 2 aromatic rings. The summed E-state index contributed by atoms with van der Waals surface area (Å²) in [7, 11) is 0. The zero-order chi connectivity index (χ0) is 7.97. The van der Waals surface area contributed by atoms with E-state index in [4.69, 9.17) is 0 Å². The third kappa shape index (κ3) is 0.670. The Bertz CT molecular complexity index is 428. The molecule has 0 N–H and O–H groups in total. The van der Waals surface area contributed by atoms with Gasteiger partial charge >= 0.3 is 0 Å². The fourth-order valence-corrected chi connectivity index (χ4v) is 1.81. The molecule has 0 aliphatic carbocycles. The number of rotatable bonds is 0. The molecule has 2 nitrogen and oxygen atoms in total. The van der Waals surface area contributed by atoms with Crippen molar-refractivity contribution in [3.8, 4) is 0 Å². The van der Waals surface area contributed by atoms with E-state index in [-0.39, 0.29) is 0 Å². The molecule has 12 heavy (non-hydrogen) atoms. The van der Waals surface area contributed by atoms with Gasteiger partial charge in [0.05, 0.1) is 11.0 Å². The Morgan fingerprint density at radius 2 is 2.17 bits per heavy atom. The number of hydrogen-bond donors (Lipinski definition) is 0. The van der Waals surface area contributed by atoms with E-state index < -0.39 is 0 Å². The monoisotopic (exact) mass is 157 g/mol. The standard InChI is InChI=1S/C10H9N2/c1-2-5-9-8(4-1)11-10-6-3-7-12(9)10/h1-5H,6-7H2. The summed E-state index contributed by atoms with van der Waals surface area (Å²) in [4.78, 5) is 4.52. The lowest BCUT2D eigenvalue weighted by Gasteiger charge is -1.95. The molecule has 1 radical (unpaired) electrons. The van der Waals surface area contributed by atoms with Gasteiger partial charge in [-0.25, -0.2) is 4.98 Å². The van der Waals surface area contributed by atoms with Gasteiger partial charge in [0, 0.05) is 13.0 Å². The minimum absolute atomic E-state index is 1.02. The summed E-state index contributed by atoms with van der Waals surface area (Å²) in [5.74, 6) is 1.20. The van der Waals surface area contributed by atoms with E-state index in [1.54, 1.807) is 0 Å². The highest BCUT2D eigenvalue weighted by Crippen LogP contribution is 2.21. The summed E-state index contributed by atoms with van der Waals surface area (Å²) in [5.41, 5.74) is 2.39. The second kappa shape index (κ2) is 2.09. The molecule has 3 rings (SSSR count). The van der Waals surface area contributed by atoms with Crippen molar-refractivity contribution < 1.29 is 0 Å². The summed E-state index contributed by atoms with van der Waals surface area (Å²) in [6.07, 6.45) is 3.28. The second-order valence-corrected chi connectivity index (χ2v) is 3.12. The van der Waals surface area contributed by atoms with Crippen LogP contribution in [0.25, 0.3) is 11.0 Å². The summed E-state index contributed by atoms with van der Waals surface area (Å²) in [5, 5.41) is 0. The first kappa shape index (κ1) is 6.23. The van der Waals surface area contributed by atoms with Gasteiger partial charge in [0.25, 0.3) is 0 Å². The van der Waals surface area contributed by atoms with Crippen LogP contribution in [0.15, 0.2) is 24.3 Å². The molecule has 0 bridgehead atoms. The lowest BCUT2D eigenvalue weighted by molar-refractivity contribution is 0.858. The SMILES string of the molecule is [CH]1Cc2nc3ccccc3n2C1. The van der Waals surface area contributed by atoms with Crippen LogP contribution >= 0.6 is 0 Å². The number of nitrogens with zero attached hydrogens (tertiary/aromatic N) is 2. The third-order valence-corrected chi connectivity index (χ3v) is 2.37. The molecule has 0 atom stereocenters. The zero-order valence-electron chi connectivity index (χ0n) is 6.70. The first-order chi connectivity index (χ1) is 5.95. The van der Waals surface area contributed by atoms with Crippen LogP contribution in [0, 0.1) is 6.42 Å². The van der Waals surface area contributed by atoms with Crippen LogP contribution in [0.4, 0.5) is 0 Å². The van der Waals surface area contributed by atoms with E-state index >= 15 is 0 Å². The summed E-state index contributed by atoms with van der Waals surface area (Å²) in [6, 6.07) is 8.30. The topological polar surface area (TPSA) is 17.8 Å². The largest absolute Gasteiger partial charge is 0.328 e. The Morgan fingerprint density at radius 3 is 3.17 bits per heavy atom. The lowest BCUT2D eigenvalue weighted by atomic mass is 10.3. The van der Waals surface area contributed by atoms with E-state index in [0.717, 1.165) is 18.5 Å². The molecule has 1 aromatic carbocycles. The zero-order valence-corrected chi connectivity index (χ0v) is 6.70. The number of para-hydroxylation sites is 2. The molecular weight excluding hydrogens is 148 g/mol. The normalized spacial score (nSPS) is 15.3. The van der Waals surface area contributed by atoms with Gasteiger partial charge in [-0.05, 0) is 18.6 Å². The predicted octanol–water partition coefficient (Wildman–Crippen LogP) is 1.80. The smallest absolute Gasteiger partial charge is 0.110 e. The van der Waals surface area contributed by atoms with Crippen LogP contribution in [-0.2, 0) is 13.0 Å². The Hall–Kier alpha value is -1.31. The molecule has 0 spiro atoms. The molecular formula is C10H9N2. The summed E-state index contributed by atoms with van der Waals surface area (Å²) >= 11 is 0. The lowest BCUT2D eigenvalue weighted by Crippen LogP contribution is -1.90. The number of imidazole rings is 1. The third-order valence-electron chi connectivity index (χ3n) is 2.37. The van der Waals surface area contributed by atoms with Gasteiger partial charge in [0.15, 0.2) is 0 Å². The van der Waals surface area contributed by atoms with E-state index in [2.05, 4.69) is 34.2 Å². The highest BCUT2D eigenvalue weighted by atomic mass is 15.1. The van der Waals surface area contributed by atoms with Crippen molar-refractivity contribution in [2.45, 2.75) is 13.0 Å². The maximum absolute atomic E-state index is 4.52. The first-order valence-electron chi connectivity index (χ1n) is 4.21. The van der Waals surface area contributed by atoms with E-state index in [1.165, 1.54) is 11.3 Å². The minimum atomic E-state index is 1.02. The number of benzene rings is 1. The molecule has 2 heteroatoms. The van der Waals surface area contributed by atoms with Gasteiger partial charge in [-0.1, -0.05) is 12.1 Å². The van der Waals surface area contributed by atoms with Crippen molar-refractivity contribution in [3.05, 3.63) is 36.5 Å². The van der Waals surface area contributed by atoms with Crippen molar-refractivity contribution in [1.29, 1.82) is 0 Å². The number of fused-ring (bicyclic) bond motifs is 3. The predicted molar refractivity (Wildman–Crippen MR) is 47.7 cm³/mol. The van der Waals surface area contributed by atoms with Gasteiger partial charge in [-0.2, -0.15) is 0 Å². The molecule has 0 unspecified atom stereocenters. The van der Waals surface area contributed by atoms with Crippen LogP contribution in [0.5, 0.6) is 0 Å². The van der Waals surface area contributed by atoms with E-state index in [0.29, 0.717) is 0 Å². The average molecular weight is 157 g/mol. The molecule has 0 saturated carbocycles. The molecule has 2 heterocycles. The van der Waals surface area contributed by atoms with Crippen molar-refractivity contribution in [1.82, 2.24) is 9.55 Å². The average Bonchev–Trinajstić information content (AvgIpc) is 2.62.